The number of rotatable bonds is 5. The van der Waals surface area contributed by atoms with E-state index in [4.69, 9.17) is 5.11 Å². The van der Waals surface area contributed by atoms with E-state index >= 15 is 0 Å². The van der Waals surface area contributed by atoms with Crippen LogP contribution in [-0.4, -0.2) is 35.1 Å². The van der Waals surface area contributed by atoms with Crippen LogP contribution in [0.1, 0.15) is 49.0 Å². The van der Waals surface area contributed by atoms with Crippen molar-refractivity contribution in [1.82, 2.24) is 4.90 Å². The van der Waals surface area contributed by atoms with Crippen molar-refractivity contribution in [2.24, 2.45) is 5.92 Å². The highest BCUT2D eigenvalue weighted by atomic mass is 16.2. The van der Waals surface area contributed by atoms with Gasteiger partial charge in [-0.15, -0.1) is 0 Å². The average Bonchev–Trinajstić information content (AvgIpc) is 3.30. The molecule has 0 aromatic heterocycles. The molecule has 1 aromatic carbocycles. The third kappa shape index (κ3) is 4.34. The summed E-state index contributed by atoms with van der Waals surface area (Å²) in [5, 5.41) is 8.84. The Kier molecular flexibility index (Phi) is 5.41. The zero-order valence-electron chi connectivity index (χ0n) is 12.8. The zero-order chi connectivity index (χ0) is 15.2. The third-order valence-electron chi connectivity index (χ3n) is 3.66. The van der Waals surface area contributed by atoms with Gasteiger partial charge < -0.3 is 10.0 Å². The van der Waals surface area contributed by atoms with Gasteiger partial charge in [-0.25, -0.2) is 0 Å². The molecule has 0 atom stereocenters. The Morgan fingerprint density at radius 1 is 1.38 bits per heavy atom. The number of nitrogens with zero attached hydrogens (tertiary/aromatic N) is 1. The molecule has 0 heterocycles. The molecule has 3 heteroatoms. The number of aliphatic hydroxyl groups is 1. The predicted molar refractivity (Wildman–Crippen MR) is 83.9 cm³/mol. The summed E-state index contributed by atoms with van der Waals surface area (Å²) in [6, 6.07) is 7.80. The average molecular weight is 285 g/mol. The summed E-state index contributed by atoms with van der Waals surface area (Å²) in [6.07, 6.45) is 3.23. The van der Waals surface area contributed by atoms with Gasteiger partial charge in [-0.3, -0.25) is 4.79 Å². The lowest BCUT2D eigenvalue weighted by molar-refractivity contribution is 0.0735. The SMILES string of the molecule is CC(C)CCN(C(=O)c1ccccc1C#CCO)C1CC1. The molecule has 0 spiro atoms. The van der Waals surface area contributed by atoms with Crippen molar-refractivity contribution in [3.8, 4) is 11.8 Å². The van der Waals surface area contributed by atoms with E-state index in [1.807, 2.05) is 29.2 Å². The van der Waals surface area contributed by atoms with Crippen LogP contribution >= 0.6 is 0 Å². The highest BCUT2D eigenvalue weighted by Gasteiger charge is 2.33. The summed E-state index contributed by atoms with van der Waals surface area (Å²) in [7, 11) is 0. The molecule has 1 aliphatic rings. The van der Waals surface area contributed by atoms with Gasteiger partial charge >= 0.3 is 0 Å². The van der Waals surface area contributed by atoms with Gasteiger partial charge in [0.15, 0.2) is 0 Å². The predicted octanol–water partition coefficient (Wildman–Crippen LogP) is 2.68. The van der Waals surface area contributed by atoms with Gasteiger partial charge in [-0.2, -0.15) is 0 Å². The molecule has 1 amide bonds. The van der Waals surface area contributed by atoms with Crippen LogP contribution in [0.15, 0.2) is 24.3 Å². The van der Waals surface area contributed by atoms with Crippen molar-refractivity contribution in [2.75, 3.05) is 13.2 Å². The molecule has 1 fully saturated rings. The van der Waals surface area contributed by atoms with Gasteiger partial charge in [-0.05, 0) is 37.3 Å². The van der Waals surface area contributed by atoms with Crippen LogP contribution in [0.2, 0.25) is 0 Å². The minimum atomic E-state index is -0.192. The number of benzene rings is 1. The van der Waals surface area contributed by atoms with Crippen molar-refractivity contribution < 1.29 is 9.90 Å². The van der Waals surface area contributed by atoms with E-state index in [-0.39, 0.29) is 12.5 Å². The van der Waals surface area contributed by atoms with Gasteiger partial charge in [0.2, 0.25) is 0 Å². The normalized spacial score (nSPS) is 13.7. The van der Waals surface area contributed by atoms with E-state index in [1.54, 1.807) is 0 Å². The Bertz CT molecular complexity index is 550. The first-order valence-corrected chi connectivity index (χ1v) is 7.63. The van der Waals surface area contributed by atoms with Crippen molar-refractivity contribution in [2.45, 2.75) is 39.2 Å². The molecule has 2 rings (SSSR count). The summed E-state index contributed by atoms with van der Waals surface area (Å²) >= 11 is 0. The molecule has 3 nitrogen and oxygen atoms in total. The maximum absolute atomic E-state index is 12.8. The molecule has 1 aliphatic carbocycles. The van der Waals surface area contributed by atoms with E-state index in [1.165, 1.54) is 0 Å². The lowest BCUT2D eigenvalue weighted by Gasteiger charge is -2.24. The van der Waals surface area contributed by atoms with Crippen LogP contribution in [0.5, 0.6) is 0 Å². The van der Waals surface area contributed by atoms with Gasteiger partial charge in [0.1, 0.15) is 6.61 Å². The van der Waals surface area contributed by atoms with Crippen molar-refractivity contribution in [3.05, 3.63) is 35.4 Å². The number of amides is 1. The number of aliphatic hydroxyl groups excluding tert-OH is 1. The molecule has 112 valence electrons. The monoisotopic (exact) mass is 285 g/mol. The Labute approximate surface area is 127 Å². The third-order valence-corrected chi connectivity index (χ3v) is 3.66. The molecule has 1 saturated carbocycles. The molecule has 1 aromatic rings. The van der Waals surface area contributed by atoms with Crippen LogP contribution in [0.4, 0.5) is 0 Å². The molecule has 21 heavy (non-hydrogen) atoms. The number of carbonyl (C=O) groups excluding carboxylic acids is 1. The van der Waals surface area contributed by atoms with E-state index in [0.29, 0.717) is 23.1 Å². The maximum atomic E-state index is 12.8. The standard InChI is InChI=1S/C18H23NO2/c1-14(2)11-12-19(16-9-10-16)18(21)17-8-4-3-6-15(17)7-5-13-20/h3-4,6,8,14,16,20H,9-13H2,1-2H3. The van der Waals surface area contributed by atoms with Crippen LogP contribution in [-0.2, 0) is 0 Å². The summed E-state index contributed by atoms with van der Waals surface area (Å²) in [5.74, 6) is 6.16. The Morgan fingerprint density at radius 3 is 2.71 bits per heavy atom. The lowest BCUT2D eigenvalue weighted by atomic mass is 10.1. The van der Waals surface area contributed by atoms with E-state index in [0.717, 1.165) is 25.8 Å². The van der Waals surface area contributed by atoms with Crippen molar-refractivity contribution in [3.63, 3.8) is 0 Å². The van der Waals surface area contributed by atoms with Crippen LogP contribution in [0, 0.1) is 17.8 Å². The van der Waals surface area contributed by atoms with Gasteiger partial charge in [0, 0.05) is 18.2 Å². The lowest BCUT2D eigenvalue weighted by Crippen LogP contribution is -2.35. The summed E-state index contributed by atoms with van der Waals surface area (Å²) in [5.41, 5.74) is 1.35. The first-order valence-electron chi connectivity index (χ1n) is 7.63. The fourth-order valence-corrected chi connectivity index (χ4v) is 2.30. The van der Waals surface area contributed by atoms with E-state index in [9.17, 15) is 4.79 Å². The Hall–Kier alpha value is -1.79. The fraction of sp³-hybridized carbons (Fsp3) is 0.500. The molecule has 0 aliphatic heterocycles. The number of hydrogen-bond donors (Lipinski definition) is 1. The fourth-order valence-electron chi connectivity index (χ4n) is 2.30. The number of hydrogen-bond acceptors (Lipinski definition) is 2. The zero-order valence-corrected chi connectivity index (χ0v) is 12.8. The Morgan fingerprint density at radius 2 is 2.10 bits per heavy atom. The molecule has 0 saturated heterocycles. The molecular weight excluding hydrogens is 262 g/mol. The summed E-state index contributed by atoms with van der Waals surface area (Å²) in [4.78, 5) is 14.8. The molecule has 0 bridgehead atoms. The molecular formula is C18H23NO2. The first kappa shape index (κ1) is 15.6. The minimum Gasteiger partial charge on any atom is -0.384 e. The van der Waals surface area contributed by atoms with Crippen molar-refractivity contribution in [1.29, 1.82) is 0 Å². The van der Waals surface area contributed by atoms with Crippen molar-refractivity contribution >= 4 is 5.91 Å². The van der Waals surface area contributed by atoms with Crippen LogP contribution in [0.25, 0.3) is 0 Å². The number of carbonyl (C=O) groups is 1. The first-order chi connectivity index (χ1) is 10.1. The van der Waals surface area contributed by atoms with Crippen LogP contribution < -0.4 is 0 Å². The second kappa shape index (κ2) is 7.28. The molecule has 0 radical (unpaired) electrons. The molecule has 1 N–H and O–H groups in total. The smallest absolute Gasteiger partial charge is 0.255 e. The topological polar surface area (TPSA) is 40.5 Å². The Balaban J connectivity index is 2.20. The largest absolute Gasteiger partial charge is 0.384 e. The van der Waals surface area contributed by atoms with Crippen LogP contribution in [0.3, 0.4) is 0 Å². The summed E-state index contributed by atoms with van der Waals surface area (Å²) in [6.45, 7) is 4.97. The summed E-state index contributed by atoms with van der Waals surface area (Å²) < 4.78 is 0. The highest BCUT2D eigenvalue weighted by Crippen LogP contribution is 2.29. The minimum absolute atomic E-state index is 0.0704. The maximum Gasteiger partial charge on any atom is 0.255 e. The second-order valence-electron chi connectivity index (χ2n) is 5.92. The van der Waals surface area contributed by atoms with E-state index < -0.39 is 0 Å². The van der Waals surface area contributed by atoms with E-state index in [2.05, 4.69) is 25.7 Å². The van der Waals surface area contributed by atoms with Gasteiger partial charge in [-0.1, -0.05) is 37.8 Å². The highest BCUT2D eigenvalue weighted by molar-refractivity contribution is 5.97. The quantitative estimate of drug-likeness (QED) is 0.845. The second-order valence-corrected chi connectivity index (χ2v) is 5.92. The van der Waals surface area contributed by atoms with Gasteiger partial charge in [0.25, 0.3) is 5.91 Å². The van der Waals surface area contributed by atoms with Gasteiger partial charge in [0.05, 0.1) is 5.56 Å². The molecule has 0 unspecified atom stereocenters.